The van der Waals surface area contributed by atoms with Gasteiger partial charge in [-0.15, -0.1) is 0 Å². The molecule has 0 saturated heterocycles. The fraction of sp³-hybridized carbons (Fsp3) is 0.400. The van der Waals surface area contributed by atoms with E-state index in [1.165, 1.54) is 0 Å². The fourth-order valence-electron chi connectivity index (χ4n) is 1.17. The van der Waals surface area contributed by atoms with Gasteiger partial charge in [-0.3, -0.25) is 19.7 Å². The summed E-state index contributed by atoms with van der Waals surface area (Å²) in [5.74, 6) is -0.919. The normalized spacial score (nSPS) is 9.87. The van der Waals surface area contributed by atoms with Gasteiger partial charge < -0.3 is 5.11 Å². The number of carboxylic acids is 1. The molecule has 1 amide bonds. The molecule has 0 aliphatic carbocycles. The molecule has 0 aliphatic rings. The smallest absolute Gasteiger partial charge is 0.303 e. The third kappa shape index (κ3) is 4.85. The number of carbonyl (C=O) groups is 2. The molecule has 1 heterocycles. The second-order valence-corrected chi connectivity index (χ2v) is 3.23. The van der Waals surface area contributed by atoms with Gasteiger partial charge in [-0.2, -0.15) is 0 Å². The first-order chi connectivity index (χ1) is 7.18. The summed E-state index contributed by atoms with van der Waals surface area (Å²) < 4.78 is 1.57. The molecule has 1 aromatic rings. The van der Waals surface area contributed by atoms with Crippen molar-refractivity contribution in [2.75, 3.05) is 5.43 Å². The molecule has 1 aromatic heterocycles. The summed E-state index contributed by atoms with van der Waals surface area (Å²) >= 11 is 0. The Bertz CT molecular complexity index is 319. The van der Waals surface area contributed by atoms with Gasteiger partial charge in [0.2, 0.25) is 5.91 Å². The lowest BCUT2D eigenvalue weighted by Gasteiger charge is -2.04. The van der Waals surface area contributed by atoms with Gasteiger partial charge in [0.25, 0.3) is 0 Å². The lowest BCUT2D eigenvalue weighted by Crippen LogP contribution is -2.20. The van der Waals surface area contributed by atoms with Gasteiger partial charge in [-0.1, -0.05) is 0 Å². The number of unbranched alkanes of at least 4 members (excludes halogenated alkanes) is 1. The molecule has 1 rings (SSSR count). The van der Waals surface area contributed by atoms with E-state index in [4.69, 9.17) is 5.11 Å². The van der Waals surface area contributed by atoms with E-state index in [9.17, 15) is 9.59 Å². The van der Waals surface area contributed by atoms with Crippen LogP contribution >= 0.6 is 0 Å². The Balaban J connectivity index is 2.11. The number of hydrogen-bond acceptors (Lipinski definition) is 2. The fourth-order valence-corrected chi connectivity index (χ4v) is 1.17. The van der Waals surface area contributed by atoms with Crippen LogP contribution in [0.25, 0.3) is 0 Å². The topological polar surface area (TPSA) is 71.3 Å². The predicted octanol–water partition coefficient (Wildman–Crippen LogP) is 1.20. The van der Waals surface area contributed by atoms with Crippen LogP contribution in [-0.2, 0) is 9.59 Å². The maximum Gasteiger partial charge on any atom is 0.303 e. The minimum atomic E-state index is -0.819. The molecule has 0 aromatic carbocycles. The summed E-state index contributed by atoms with van der Waals surface area (Å²) in [5, 5.41) is 8.38. The summed E-state index contributed by atoms with van der Waals surface area (Å²) in [4.78, 5) is 21.5. The van der Waals surface area contributed by atoms with E-state index in [0.717, 1.165) is 0 Å². The van der Waals surface area contributed by atoms with Crippen molar-refractivity contribution in [3.05, 3.63) is 24.5 Å². The molecule has 0 aliphatic heterocycles. The molecule has 5 nitrogen and oxygen atoms in total. The van der Waals surface area contributed by atoms with Crippen molar-refractivity contribution in [3.63, 3.8) is 0 Å². The standard InChI is InChI=1S/C10H14N2O3/c13-9(5-1-2-6-10(14)15)11-12-7-3-4-8-12/h3-4,7-8H,1-2,5-6H2,(H,11,13)(H,14,15). The van der Waals surface area contributed by atoms with Crippen LogP contribution in [0.15, 0.2) is 24.5 Å². The summed E-state index contributed by atoms with van der Waals surface area (Å²) in [7, 11) is 0. The molecule has 15 heavy (non-hydrogen) atoms. The Labute approximate surface area is 87.7 Å². The molecule has 0 saturated carbocycles. The quantitative estimate of drug-likeness (QED) is 0.693. The predicted molar refractivity (Wildman–Crippen MR) is 54.9 cm³/mol. The van der Waals surface area contributed by atoms with E-state index < -0.39 is 5.97 Å². The average molecular weight is 210 g/mol. The highest BCUT2D eigenvalue weighted by Gasteiger charge is 2.02. The largest absolute Gasteiger partial charge is 0.481 e. The minimum absolute atomic E-state index is 0.100. The number of rotatable bonds is 6. The first-order valence-electron chi connectivity index (χ1n) is 4.83. The number of nitrogens with zero attached hydrogens (tertiary/aromatic N) is 1. The van der Waals surface area contributed by atoms with Crippen molar-refractivity contribution in [2.24, 2.45) is 0 Å². The van der Waals surface area contributed by atoms with Crippen molar-refractivity contribution >= 4 is 11.9 Å². The number of carbonyl (C=O) groups excluding carboxylic acids is 1. The Kier molecular flexibility index (Phi) is 4.40. The lowest BCUT2D eigenvalue weighted by atomic mass is 10.2. The molecule has 2 N–H and O–H groups in total. The van der Waals surface area contributed by atoms with Crippen LogP contribution < -0.4 is 5.43 Å². The summed E-state index contributed by atoms with van der Waals surface area (Å²) in [6.07, 6.45) is 5.07. The van der Waals surface area contributed by atoms with Crippen LogP contribution in [0.1, 0.15) is 25.7 Å². The van der Waals surface area contributed by atoms with Crippen LogP contribution in [0.3, 0.4) is 0 Å². The molecule has 5 heteroatoms. The number of hydrogen-bond donors (Lipinski definition) is 2. The summed E-state index contributed by atoms with van der Waals surface area (Å²) in [5.41, 5.74) is 2.64. The van der Waals surface area contributed by atoms with Gasteiger partial charge in [0, 0.05) is 25.2 Å². The van der Waals surface area contributed by atoms with Crippen LogP contribution in [0.4, 0.5) is 0 Å². The number of nitrogens with one attached hydrogen (secondary N) is 1. The van der Waals surface area contributed by atoms with Crippen molar-refractivity contribution in [2.45, 2.75) is 25.7 Å². The Morgan fingerprint density at radius 3 is 2.33 bits per heavy atom. The van der Waals surface area contributed by atoms with Gasteiger partial charge in [0.1, 0.15) is 0 Å². The number of aliphatic carboxylic acids is 1. The van der Waals surface area contributed by atoms with E-state index in [0.29, 0.717) is 19.3 Å². The third-order valence-corrected chi connectivity index (χ3v) is 1.90. The van der Waals surface area contributed by atoms with Crippen LogP contribution in [0.2, 0.25) is 0 Å². The monoisotopic (exact) mass is 210 g/mol. The van der Waals surface area contributed by atoms with E-state index in [1.54, 1.807) is 17.1 Å². The SMILES string of the molecule is O=C(O)CCCCC(=O)Nn1cccc1. The summed E-state index contributed by atoms with van der Waals surface area (Å²) in [6, 6.07) is 3.62. The molecule has 0 radical (unpaired) electrons. The number of carboxylic acid groups (broad SMARTS) is 1. The van der Waals surface area contributed by atoms with E-state index in [-0.39, 0.29) is 12.3 Å². The van der Waals surface area contributed by atoms with Gasteiger partial charge >= 0.3 is 5.97 Å². The second kappa shape index (κ2) is 5.85. The average Bonchev–Trinajstić information content (AvgIpc) is 2.64. The van der Waals surface area contributed by atoms with Crippen molar-refractivity contribution < 1.29 is 14.7 Å². The molecule has 0 unspecified atom stereocenters. The van der Waals surface area contributed by atoms with Crippen molar-refractivity contribution in [1.82, 2.24) is 4.68 Å². The molecule has 82 valence electrons. The lowest BCUT2D eigenvalue weighted by molar-refractivity contribution is -0.137. The zero-order chi connectivity index (χ0) is 11.1. The maximum atomic E-state index is 11.3. The second-order valence-electron chi connectivity index (χ2n) is 3.23. The van der Waals surface area contributed by atoms with Crippen LogP contribution in [0.5, 0.6) is 0 Å². The zero-order valence-electron chi connectivity index (χ0n) is 8.35. The summed E-state index contributed by atoms with van der Waals surface area (Å²) in [6.45, 7) is 0. The van der Waals surface area contributed by atoms with Crippen molar-refractivity contribution in [1.29, 1.82) is 0 Å². The van der Waals surface area contributed by atoms with E-state index in [1.807, 2.05) is 12.1 Å². The molecule has 0 fully saturated rings. The van der Waals surface area contributed by atoms with E-state index >= 15 is 0 Å². The first kappa shape index (κ1) is 11.3. The third-order valence-electron chi connectivity index (χ3n) is 1.90. The highest BCUT2D eigenvalue weighted by atomic mass is 16.4. The number of amides is 1. The minimum Gasteiger partial charge on any atom is -0.481 e. The van der Waals surface area contributed by atoms with Gasteiger partial charge in [0.15, 0.2) is 0 Å². The van der Waals surface area contributed by atoms with Crippen LogP contribution in [0, 0.1) is 0 Å². The highest BCUT2D eigenvalue weighted by Crippen LogP contribution is 2.00. The maximum absolute atomic E-state index is 11.3. The van der Waals surface area contributed by atoms with Gasteiger partial charge in [-0.25, -0.2) is 0 Å². The molecular weight excluding hydrogens is 196 g/mol. The number of aromatic nitrogens is 1. The Morgan fingerprint density at radius 1 is 1.13 bits per heavy atom. The van der Waals surface area contributed by atoms with Gasteiger partial charge in [0.05, 0.1) is 0 Å². The molecule has 0 spiro atoms. The van der Waals surface area contributed by atoms with Gasteiger partial charge in [-0.05, 0) is 25.0 Å². The Morgan fingerprint density at radius 2 is 1.73 bits per heavy atom. The highest BCUT2D eigenvalue weighted by molar-refractivity contribution is 5.83. The van der Waals surface area contributed by atoms with E-state index in [2.05, 4.69) is 5.43 Å². The first-order valence-corrected chi connectivity index (χ1v) is 4.83. The Hall–Kier alpha value is -1.78. The van der Waals surface area contributed by atoms with Crippen LogP contribution in [-0.4, -0.2) is 21.7 Å². The van der Waals surface area contributed by atoms with Crippen molar-refractivity contribution in [3.8, 4) is 0 Å². The molecule has 0 atom stereocenters. The zero-order valence-corrected chi connectivity index (χ0v) is 8.35. The molecular formula is C10H14N2O3. The molecule has 0 bridgehead atoms.